The Balaban J connectivity index is 3.51. The van der Waals surface area contributed by atoms with Crippen molar-refractivity contribution in [2.24, 2.45) is 0 Å². The van der Waals surface area contributed by atoms with Crippen LogP contribution in [0.1, 0.15) is 71.6 Å². The summed E-state index contributed by atoms with van der Waals surface area (Å²) < 4.78 is 0. The minimum atomic E-state index is -0.680. The molecule has 0 fully saturated rings. The second kappa shape index (κ2) is 20.8. The maximum Gasteiger partial charge on any atom is 0.316 e. The van der Waals surface area contributed by atoms with Gasteiger partial charge in [0.2, 0.25) is 0 Å². The lowest BCUT2D eigenvalue weighted by molar-refractivity contribution is -0.136. The molecule has 1 atom stereocenters. The molecule has 1 N–H and O–H groups in total. The average Bonchev–Trinajstić information content (AvgIpc) is 2.66. The van der Waals surface area contributed by atoms with Gasteiger partial charge in [0.05, 0.1) is 0 Å². The first-order valence-electron chi connectivity index (χ1n) is 10.3. The molecule has 0 heterocycles. The van der Waals surface area contributed by atoms with E-state index in [1.165, 1.54) is 0 Å². The van der Waals surface area contributed by atoms with Crippen LogP contribution in [0, 0.1) is 0 Å². The number of aliphatic carboxylic acids is 1. The number of carboxylic acid groups (broad SMARTS) is 1. The molecule has 0 amide bonds. The molecule has 0 spiro atoms. The van der Waals surface area contributed by atoms with Crippen molar-refractivity contribution in [3.63, 3.8) is 0 Å². The predicted octanol–water partition coefficient (Wildman–Crippen LogP) is 7.50. The predicted molar refractivity (Wildman–Crippen MR) is 122 cm³/mol. The fourth-order valence-electron chi connectivity index (χ4n) is 2.32. The normalized spacial score (nSPS) is 13.9. The Kier molecular flexibility index (Phi) is 19.7. The summed E-state index contributed by atoms with van der Waals surface area (Å²) in [6, 6.07) is 0. The molecule has 2 nitrogen and oxygen atoms in total. The first-order valence-corrected chi connectivity index (χ1v) is 11.4. The molecule has 0 aromatic carbocycles. The number of carboxylic acids is 1. The summed E-state index contributed by atoms with van der Waals surface area (Å²) in [7, 11) is 0. The van der Waals surface area contributed by atoms with Crippen molar-refractivity contribution >= 4 is 17.7 Å². The molecular weight excluding hydrogens is 352 g/mol. The number of rotatable bonds is 17. The Bertz CT molecular complexity index is 487. The first kappa shape index (κ1) is 25.5. The van der Waals surface area contributed by atoms with Crippen LogP contribution in [0.15, 0.2) is 60.8 Å². The molecule has 0 aromatic rings. The summed E-state index contributed by atoms with van der Waals surface area (Å²) in [6.07, 6.45) is 31.3. The Morgan fingerprint density at radius 3 is 1.70 bits per heavy atom. The number of unbranched alkanes of at least 4 members (excludes halogenated alkanes) is 2. The van der Waals surface area contributed by atoms with Gasteiger partial charge in [-0.1, -0.05) is 74.6 Å². The van der Waals surface area contributed by atoms with Crippen LogP contribution >= 0.6 is 11.8 Å². The van der Waals surface area contributed by atoms with Gasteiger partial charge in [0.25, 0.3) is 0 Å². The van der Waals surface area contributed by atoms with Crippen molar-refractivity contribution < 1.29 is 9.90 Å². The van der Waals surface area contributed by atoms with E-state index in [4.69, 9.17) is 5.11 Å². The molecule has 0 rings (SSSR count). The summed E-state index contributed by atoms with van der Waals surface area (Å²) in [5.41, 5.74) is 0. The van der Waals surface area contributed by atoms with Gasteiger partial charge in [-0.15, -0.1) is 11.8 Å². The Labute approximate surface area is 171 Å². The molecule has 0 aliphatic rings. The second-order valence-corrected chi connectivity index (χ2v) is 7.62. The van der Waals surface area contributed by atoms with Gasteiger partial charge in [0, 0.05) is 0 Å². The van der Waals surface area contributed by atoms with E-state index >= 15 is 0 Å². The maximum absolute atomic E-state index is 10.9. The van der Waals surface area contributed by atoms with Crippen molar-refractivity contribution in [2.75, 3.05) is 5.75 Å². The Morgan fingerprint density at radius 1 is 0.778 bits per heavy atom. The third kappa shape index (κ3) is 19.1. The topological polar surface area (TPSA) is 37.3 Å². The van der Waals surface area contributed by atoms with E-state index in [-0.39, 0.29) is 5.25 Å². The second-order valence-electron chi connectivity index (χ2n) is 6.31. The van der Waals surface area contributed by atoms with Crippen LogP contribution in [0.2, 0.25) is 0 Å². The standard InChI is InChI=1S/C24H38O2S/c1-3-5-6-7-8-9-10-11-12-13-14-15-16-17-18-19-20-21-22-27-23(4-2)24(25)26/h5-6,8-9,11-12,14-15,17-18,23H,3-4,7,10,13,16,19-22H2,1-2H3,(H,25,26)/t23-/m1/s1. The van der Waals surface area contributed by atoms with Gasteiger partial charge in [0.15, 0.2) is 0 Å². The van der Waals surface area contributed by atoms with Gasteiger partial charge in [0.1, 0.15) is 5.25 Å². The van der Waals surface area contributed by atoms with E-state index in [0.29, 0.717) is 6.42 Å². The molecule has 3 heteroatoms. The molecule has 152 valence electrons. The van der Waals surface area contributed by atoms with Crippen LogP contribution in [-0.2, 0) is 4.79 Å². The largest absolute Gasteiger partial charge is 0.480 e. The molecule has 0 radical (unpaired) electrons. The van der Waals surface area contributed by atoms with Gasteiger partial charge in [-0.05, 0) is 63.5 Å². The Morgan fingerprint density at radius 2 is 1.26 bits per heavy atom. The molecule has 27 heavy (non-hydrogen) atoms. The summed E-state index contributed by atoms with van der Waals surface area (Å²) >= 11 is 1.57. The number of hydrogen-bond donors (Lipinski definition) is 1. The van der Waals surface area contributed by atoms with Crippen molar-refractivity contribution in [1.82, 2.24) is 0 Å². The van der Waals surface area contributed by atoms with Crippen molar-refractivity contribution in [3.8, 4) is 0 Å². The van der Waals surface area contributed by atoms with Crippen LogP contribution < -0.4 is 0 Å². The maximum atomic E-state index is 10.9. The van der Waals surface area contributed by atoms with E-state index in [1.807, 2.05) is 6.92 Å². The molecule has 0 aliphatic heterocycles. The van der Waals surface area contributed by atoms with Crippen molar-refractivity contribution in [3.05, 3.63) is 60.8 Å². The highest BCUT2D eigenvalue weighted by molar-refractivity contribution is 8.00. The first-order chi connectivity index (χ1) is 13.2. The molecule has 0 saturated carbocycles. The molecule has 0 aromatic heterocycles. The smallest absolute Gasteiger partial charge is 0.316 e. The van der Waals surface area contributed by atoms with E-state index in [1.54, 1.807) is 11.8 Å². The molecule has 0 aliphatic carbocycles. The number of thioether (sulfide) groups is 1. The third-order valence-corrected chi connectivity index (χ3v) is 5.35. The summed E-state index contributed by atoms with van der Waals surface area (Å²) in [6.45, 7) is 4.09. The van der Waals surface area contributed by atoms with Gasteiger partial charge in [-0.25, -0.2) is 0 Å². The van der Waals surface area contributed by atoms with Crippen molar-refractivity contribution in [1.29, 1.82) is 0 Å². The van der Waals surface area contributed by atoms with Crippen LogP contribution in [0.3, 0.4) is 0 Å². The fourth-order valence-corrected chi connectivity index (χ4v) is 3.36. The zero-order valence-corrected chi connectivity index (χ0v) is 18.0. The quantitative estimate of drug-likeness (QED) is 0.206. The minimum absolute atomic E-state index is 0.237. The third-order valence-electron chi connectivity index (χ3n) is 3.89. The highest BCUT2D eigenvalue weighted by atomic mass is 32.2. The number of hydrogen-bond acceptors (Lipinski definition) is 2. The van der Waals surface area contributed by atoms with Gasteiger partial charge < -0.3 is 5.11 Å². The number of carbonyl (C=O) groups is 1. The average molecular weight is 391 g/mol. The lowest BCUT2D eigenvalue weighted by Gasteiger charge is -2.08. The van der Waals surface area contributed by atoms with Gasteiger partial charge in [-0.3, -0.25) is 4.79 Å². The highest BCUT2D eigenvalue weighted by Gasteiger charge is 2.14. The van der Waals surface area contributed by atoms with Crippen LogP contribution in [-0.4, -0.2) is 22.1 Å². The zero-order valence-electron chi connectivity index (χ0n) is 17.2. The minimum Gasteiger partial charge on any atom is -0.480 e. The Hall–Kier alpha value is -1.48. The van der Waals surface area contributed by atoms with Crippen molar-refractivity contribution in [2.45, 2.75) is 76.9 Å². The summed E-state index contributed by atoms with van der Waals surface area (Å²) in [4.78, 5) is 10.9. The summed E-state index contributed by atoms with van der Waals surface area (Å²) in [5, 5.41) is 8.74. The monoisotopic (exact) mass is 390 g/mol. The molecule has 0 bridgehead atoms. The van der Waals surface area contributed by atoms with Gasteiger partial charge in [-0.2, -0.15) is 0 Å². The lowest BCUT2D eigenvalue weighted by atomic mass is 10.2. The summed E-state index contributed by atoms with van der Waals surface area (Å²) in [5.74, 6) is 0.260. The van der Waals surface area contributed by atoms with E-state index in [9.17, 15) is 4.79 Å². The van der Waals surface area contributed by atoms with E-state index in [2.05, 4.69) is 67.7 Å². The van der Waals surface area contributed by atoms with Crippen LogP contribution in [0.5, 0.6) is 0 Å². The van der Waals surface area contributed by atoms with Gasteiger partial charge >= 0.3 is 5.97 Å². The molecule has 0 unspecified atom stereocenters. The zero-order chi connectivity index (χ0) is 20.0. The van der Waals surface area contributed by atoms with Crippen LogP contribution in [0.4, 0.5) is 0 Å². The lowest BCUT2D eigenvalue weighted by Crippen LogP contribution is -2.15. The highest BCUT2D eigenvalue weighted by Crippen LogP contribution is 2.17. The van der Waals surface area contributed by atoms with E-state index < -0.39 is 5.97 Å². The molecular formula is C24H38O2S. The number of allylic oxidation sites excluding steroid dienone is 10. The molecule has 0 saturated heterocycles. The fraction of sp³-hybridized carbons (Fsp3) is 0.542. The van der Waals surface area contributed by atoms with E-state index in [0.717, 1.165) is 57.1 Å². The van der Waals surface area contributed by atoms with Crippen LogP contribution in [0.25, 0.3) is 0 Å². The SMILES string of the molecule is CCC=CCC=CCC=CCC=CCC=CCCCCS[C@H](CC)C(=O)O.